The van der Waals surface area contributed by atoms with Crippen LogP contribution in [-0.4, -0.2) is 29.3 Å². The number of aromatic nitrogens is 2. The third-order valence-corrected chi connectivity index (χ3v) is 2.84. The van der Waals surface area contributed by atoms with Gasteiger partial charge in [-0.3, -0.25) is 0 Å². The lowest BCUT2D eigenvalue weighted by atomic mass is 10.2. The first-order valence-electron chi connectivity index (χ1n) is 4.68. The predicted octanol–water partition coefficient (Wildman–Crippen LogP) is 2.45. The molecule has 1 atom stereocenters. The summed E-state index contributed by atoms with van der Waals surface area (Å²) in [6, 6.07) is 0. The summed E-state index contributed by atoms with van der Waals surface area (Å²) < 4.78 is 11.6. The van der Waals surface area contributed by atoms with Gasteiger partial charge in [-0.15, -0.1) is 0 Å². The summed E-state index contributed by atoms with van der Waals surface area (Å²) in [5.74, 6) is 0.463. The zero-order chi connectivity index (χ0) is 10.7. The van der Waals surface area contributed by atoms with Crippen LogP contribution in [0.5, 0.6) is 5.88 Å². The molecule has 1 aliphatic rings. The molecule has 4 nitrogen and oxygen atoms in total. The van der Waals surface area contributed by atoms with Crippen LogP contribution < -0.4 is 4.74 Å². The molecule has 15 heavy (non-hydrogen) atoms. The molecule has 1 aliphatic heterocycles. The zero-order valence-electron chi connectivity index (χ0n) is 7.95. The van der Waals surface area contributed by atoms with E-state index in [1.54, 1.807) is 6.20 Å². The van der Waals surface area contributed by atoms with Crippen molar-refractivity contribution in [3.8, 4) is 5.88 Å². The van der Waals surface area contributed by atoms with Crippen molar-refractivity contribution in [1.82, 2.24) is 9.97 Å². The number of ether oxygens (including phenoxy) is 2. The van der Waals surface area contributed by atoms with Crippen LogP contribution >= 0.6 is 27.5 Å². The van der Waals surface area contributed by atoms with E-state index >= 15 is 0 Å². The Kier molecular flexibility index (Phi) is 3.77. The van der Waals surface area contributed by atoms with E-state index in [4.69, 9.17) is 21.1 Å². The fourth-order valence-electron chi connectivity index (χ4n) is 1.38. The smallest absolute Gasteiger partial charge is 0.232 e. The first kappa shape index (κ1) is 11.1. The summed E-state index contributed by atoms with van der Waals surface area (Å²) in [4.78, 5) is 7.78. The van der Waals surface area contributed by atoms with E-state index in [0.29, 0.717) is 17.0 Å². The highest BCUT2D eigenvalue weighted by Crippen LogP contribution is 2.23. The number of rotatable bonds is 3. The van der Waals surface area contributed by atoms with Crippen molar-refractivity contribution >= 4 is 27.5 Å². The van der Waals surface area contributed by atoms with Crippen molar-refractivity contribution in [3.63, 3.8) is 0 Å². The Morgan fingerprint density at radius 2 is 2.53 bits per heavy atom. The fourth-order valence-corrected chi connectivity index (χ4v) is 1.81. The highest BCUT2D eigenvalue weighted by atomic mass is 79.9. The molecule has 1 aromatic rings. The van der Waals surface area contributed by atoms with Crippen LogP contribution in [0.15, 0.2) is 10.7 Å². The van der Waals surface area contributed by atoms with Crippen molar-refractivity contribution in [2.24, 2.45) is 0 Å². The largest absolute Gasteiger partial charge is 0.474 e. The molecule has 1 unspecified atom stereocenters. The molecule has 82 valence electrons. The Hall–Kier alpha value is -0.390. The molecule has 0 saturated carbocycles. The van der Waals surface area contributed by atoms with Crippen molar-refractivity contribution < 1.29 is 9.47 Å². The summed E-state index contributed by atoms with van der Waals surface area (Å²) in [5, 5.41) is 0.181. The van der Waals surface area contributed by atoms with Gasteiger partial charge in [-0.05, 0) is 40.4 Å². The quantitative estimate of drug-likeness (QED) is 0.803. The van der Waals surface area contributed by atoms with Crippen molar-refractivity contribution in [2.75, 3.05) is 13.2 Å². The number of hydrogen-bond acceptors (Lipinski definition) is 4. The van der Waals surface area contributed by atoms with Gasteiger partial charge in [0.05, 0.1) is 10.6 Å². The Morgan fingerprint density at radius 1 is 1.67 bits per heavy atom. The Labute approximate surface area is 101 Å². The molecule has 1 saturated heterocycles. The second-order valence-electron chi connectivity index (χ2n) is 3.24. The second-order valence-corrected chi connectivity index (χ2v) is 4.43. The van der Waals surface area contributed by atoms with Crippen LogP contribution in [-0.2, 0) is 4.74 Å². The average Bonchev–Trinajstić information content (AvgIpc) is 2.72. The van der Waals surface area contributed by atoms with Crippen LogP contribution in [0.2, 0.25) is 5.28 Å². The van der Waals surface area contributed by atoms with Gasteiger partial charge in [-0.2, -0.15) is 4.98 Å². The minimum absolute atomic E-state index is 0.172. The molecule has 0 spiro atoms. The summed E-state index contributed by atoms with van der Waals surface area (Å²) in [7, 11) is 0. The lowest BCUT2D eigenvalue weighted by Crippen LogP contribution is -2.17. The van der Waals surface area contributed by atoms with Crippen molar-refractivity contribution in [1.29, 1.82) is 0 Å². The van der Waals surface area contributed by atoms with Crippen LogP contribution in [0, 0.1) is 0 Å². The standard InChI is InChI=1S/C9H10BrClN2O2/c10-7-4-12-9(11)13-8(7)15-5-6-2-1-3-14-6/h4,6H,1-3,5H2. The Morgan fingerprint density at radius 3 is 3.27 bits per heavy atom. The van der Waals surface area contributed by atoms with Crippen molar-refractivity contribution in [2.45, 2.75) is 18.9 Å². The van der Waals surface area contributed by atoms with Crippen molar-refractivity contribution in [3.05, 3.63) is 16.0 Å². The maximum absolute atomic E-state index is 5.66. The van der Waals surface area contributed by atoms with Gasteiger partial charge < -0.3 is 9.47 Å². The third-order valence-electron chi connectivity index (χ3n) is 2.11. The van der Waals surface area contributed by atoms with Crippen LogP contribution in [0.1, 0.15) is 12.8 Å². The highest BCUT2D eigenvalue weighted by molar-refractivity contribution is 9.10. The molecule has 0 aliphatic carbocycles. The molecule has 1 fully saturated rings. The highest BCUT2D eigenvalue weighted by Gasteiger charge is 2.17. The van der Waals surface area contributed by atoms with E-state index in [-0.39, 0.29) is 11.4 Å². The maximum atomic E-state index is 5.66. The van der Waals surface area contributed by atoms with Crippen LogP contribution in [0.4, 0.5) is 0 Å². The lowest BCUT2D eigenvalue weighted by molar-refractivity contribution is 0.0660. The SMILES string of the molecule is Clc1ncc(Br)c(OCC2CCCO2)n1. The molecule has 0 amide bonds. The van der Waals surface area contributed by atoms with Crippen LogP contribution in [0.3, 0.4) is 0 Å². The van der Waals surface area contributed by atoms with Gasteiger partial charge in [0.25, 0.3) is 0 Å². The summed E-state index contributed by atoms with van der Waals surface area (Å²) in [6.07, 6.45) is 3.88. The second kappa shape index (κ2) is 5.09. The molecular formula is C9H10BrClN2O2. The van der Waals surface area contributed by atoms with Gasteiger partial charge in [0.15, 0.2) is 0 Å². The maximum Gasteiger partial charge on any atom is 0.232 e. The van der Waals surface area contributed by atoms with Crippen LogP contribution in [0.25, 0.3) is 0 Å². The number of nitrogens with zero attached hydrogens (tertiary/aromatic N) is 2. The normalized spacial score (nSPS) is 20.5. The van der Waals surface area contributed by atoms with Gasteiger partial charge >= 0.3 is 0 Å². The molecule has 0 bridgehead atoms. The predicted molar refractivity (Wildman–Crippen MR) is 59.2 cm³/mol. The number of halogens is 2. The Bertz CT molecular complexity index is 345. The third kappa shape index (κ3) is 3.03. The first-order valence-corrected chi connectivity index (χ1v) is 5.85. The lowest BCUT2D eigenvalue weighted by Gasteiger charge is -2.11. The molecule has 0 radical (unpaired) electrons. The molecule has 2 heterocycles. The van der Waals surface area contributed by atoms with E-state index in [0.717, 1.165) is 19.4 Å². The molecule has 6 heteroatoms. The molecule has 0 aromatic carbocycles. The topological polar surface area (TPSA) is 44.2 Å². The number of hydrogen-bond donors (Lipinski definition) is 0. The Balaban J connectivity index is 1.94. The van der Waals surface area contributed by atoms with Gasteiger partial charge in [0.1, 0.15) is 6.61 Å². The fraction of sp³-hybridized carbons (Fsp3) is 0.556. The summed E-state index contributed by atoms with van der Waals surface area (Å²) >= 11 is 8.95. The van der Waals surface area contributed by atoms with E-state index in [1.165, 1.54) is 0 Å². The van der Waals surface area contributed by atoms with Gasteiger partial charge in [0, 0.05) is 12.8 Å². The van der Waals surface area contributed by atoms with Gasteiger partial charge in [0.2, 0.25) is 11.2 Å². The van der Waals surface area contributed by atoms with Gasteiger partial charge in [-0.1, -0.05) is 0 Å². The van der Waals surface area contributed by atoms with E-state index in [1.807, 2.05) is 0 Å². The molecule has 1 aromatic heterocycles. The van der Waals surface area contributed by atoms with Gasteiger partial charge in [-0.25, -0.2) is 4.98 Å². The monoisotopic (exact) mass is 292 g/mol. The summed E-state index contributed by atoms with van der Waals surface area (Å²) in [6.45, 7) is 1.33. The summed E-state index contributed by atoms with van der Waals surface area (Å²) in [5.41, 5.74) is 0. The molecular weight excluding hydrogens is 283 g/mol. The first-order chi connectivity index (χ1) is 7.25. The molecule has 2 rings (SSSR count). The minimum atomic E-state index is 0.172. The van der Waals surface area contributed by atoms with E-state index in [9.17, 15) is 0 Å². The average molecular weight is 294 g/mol. The minimum Gasteiger partial charge on any atom is -0.474 e. The molecule has 0 N–H and O–H groups in total. The zero-order valence-corrected chi connectivity index (χ0v) is 10.3. The van der Waals surface area contributed by atoms with E-state index in [2.05, 4.69) is 25.9 Å². The van der Waals surface area contributed by atoms with E-state index < -0.39 is 0 Å².